The summed E-state index contributed by atoms with van der Waals surface area (Å²) in [4.78, 5) is 6.62. The van der Waals surface area contributed by atoms with E-state index < -0.39 is 16.1 Å². The largest absolute Gasteiger partial charge is 0.598 e. The third-order valence-corrected chi connectivity index (χ3v) is 7.60. The number of phenolic OH excluding ortho intramolecular Hbond substituents is 1. The number of nitrogens with two attached hydrogens (primary N) is 1. The van der Waals surface area contributed by atoms with Crippen molar-refractivity contribution in [3.63, 3.8) is 0 Å². The van der Waals surface area contributed by atoms with Crippen LogP contribution in [0.5, 0.6) is 5.75 Å². The van der Waals surface area contributed by atoms with Crippen LogP contribution >= 0.6 is 23.2 Å². The number of hydrogen-bond acceptors (Lipinski definition) is 6. The van der Waals surface area contributed by atoms with Crippen LogP contribution in [0.2, 0.25) is 10.0 Å². The standard InChI is InChI=1S/C21H28Cl2N4O2S/c1-21(2,3)30(29)26-20(15-10-16(22)17(23)11-18(15)28)13-6-8-27(9-7-13)19-5-4-14(24)12-25-19/h4-5,10-13,20,26,28H,6-9,24H2,1-3H3/t20-,30?/m1/s1. The molecule has 1 aromatic carbocycles. The average molecular weight is 471 g/mol. The highest BCUT2D eigenvalue weighted by atomic mass is 35.5. The molecule has 164 valence electrons. The van der Waals surface area contributed by atoms with Crippen LogP contribution < -0.4 is 15.4 Å². The van der Waals surface area contributed by atoms with Crippen LogP contribution in [0.3, 0.4) is 0 Å². The highest BCUT2D eigenvalue weighted by molar-refractivity contribution is 7.90. The van der Waals surface area contributed by atoms with E-state index in [1.54, 1.807) is 12.3 Å². The van der Waals surface area contributed by atoms with Gasteiger partial charge in [-0.05, 0) is 57.7 Å². The van der Waals surface area contributed by atoms with Crippen LogP contribution in [0.15, 0.2) is 30.5 Å². The molecule has 0 amide bonds. The quantitative estimate of drug-likeness (QED) is 0.548. The fourth-order valence-corrected chi connectivity index (χ4v) is 4.79. The van der Waals surface area contributed by atoms with Crippen molar-refractivity contribution >= 4 is 46.1 Å². The summed E-state index contributed by atoms with van der Waals surface area (Å²) in [6, 6.07) is 6.57. The summed E-state index contributed by atoms with van der Waals surface area (Å²) in [5.41, 5.74) is 6.99. The first-order chi connectivity index (χ1) is 14.1. The van der Waals surface area contributed by atoms with Crippen LogP contribution in [-0.2, 0) is 11.4 Å². The summed E-state index contributed by atoms with van der Waals surface area (Å²) in [7, 11) is 0. The van der Waals surface area contributed by atoms with Crippen LogP contribution in [-0.4, -0.2) is 32.5 Å². The molecule has 2 heterocycles. The van der Waals surface area contributed by atoms with Crippen molar-refractivity contribution in [2.75, 3.05) is 23.7 Å². The van der Waals surface area contributed by atoms with E-state index >= 15 is 0 Å². The van der Waals surface area contributed by atoms with Gasteiger partial charge in [0.2, 0.25) is 0 Å². The van der Waals surface area contributed by atoms with Gasteiger partial charge in [-0.25, -0.2) is 4.98 Å². The Morgan fingerprint density at radius 2 is 1.87 bits per heavy atom. The van der Waals surface area contributed by atoms with Gasteiger partial charge in [-0.15, -0.1) is 4.72 Å². The van der Waals surface area contributed by atoms with E-state index in [1.807, 2.05) is 32.9 Å². The second-order valence-electron chi connectivity index (χ2n) is 8.58. The molecular weight excluding hydrogens is 443 g/mol. The molecule has 2 atom stereocenters. The number of pyridine rings is 1. The van der Waals surface area contributed by atoms with Crippen LogP contribution in [0.1, 0.15) is 45.2 Å². The Balaban J connectivity index is 1.82. The second-order valence-corrected chi connectivity index (χ2v) is 11.4. The molecule has 1 aliphatic rings. The molecule has 1 aliphatic heterocycles. The second kappa shape index (κ2) is 9.40. The van der Waals surface area contributed by atoms with Gasteiger partial charge >= 0.3 is 0 Å². The molecular formula is C21H28Cl2N4O2S. The zero-order valence-electron chi connectivity index (χ0n) is 17.4. The number of halogens is 2. The zero-order valence-corrected chi connectivity index (χ0v) is 19.7. The van der Waals surface area contributed by atoms with Gasteiger partial charge in [0, 0.05) is 36.1 Å². The lowest BCUT2D eigenvalue weighted by Gasteiger charge is -2.38. The van der Waals surface area contributed by atoms with E-state index in [9.17, 15) is 9.66 Å². The number of piperidine rings is 1. The fourth-order valence-electron chi connectivity index (χ4n) is 3.55. The molecule has 0 saturated carbocycles. The molecule has 6 nitrogen and oxygen atoms in total. The van der Waals surface area contributed by atoms with E-state index in [4.69, 9.17) is 28.9 Å². The number of benzene rings is 1. The van der Waals surface area contributed by atoms with Crippen molar-refractivity contribution in [3.05, 3.63) is 46.1 Å². The minimum absolute atomic E-state index is 0.0513. The number of anilines is 2. The Morgan fingerprint density at radius 1 is 1.23 bits per heavy atom. The van der Waals surface area contributed by atoms with Gasteiger partial charge in [-0.3, -0.25) is 0 Å². The molecule has 3 rings (SSSR count). The van der Waals surface area contributed by atoms with E-state index in [2.05, 4.69) is 14.6 Å². The van der Waals surface area contributed by atoms with Crippen LogP contribution in [0.4, 0.5) is 11.5 Å². The van der Waals surface area contributed by atoms with Gasteiger partial charge in [0.15, 0.2) is 0 Å². The highest BCUT2D eigenvalue weighted by Gasteiger charge is 2.36. The lowest BCUT2D eigenvalue weighted by Crippen LogP contribution is -2.45. The first kappa shape index (κ1) is 23.3. The van der Waals surface area contributed by atoms with E-state index in [1.165, 1.54) is 6.07 Å². The van der Waals surface area contributed by atoms with Crippen molar-refractivity contribution in [3.8, 4) is 5.75 Å². The monoisotopic (exact) mass is 470 g/mol. The van der Waals surface area contributed by atoms with Gasteiger partial charge in [0.05, 0.1) is 28.0 Å². The minimum atomic E-state index is -1.31. The van der Waals surface area contributed by atoms with Crippen molar-refractivity contribution in [1.82, 2.24) is 9.71 Å². The normalized spacial score (nSPS) is 17.7. The Hall–Kier alpha value is -1.38. The van der Waals surface area contributed by atoms with E-state index in [0.717, 1.165) is 31.7 Å². The lowest BCUT2D eigenvalue weighted by molar-refractivity contribution is 0.317. The molecule has 4 N–H and O–H groups in total. The SMILES string of the molecule is CC(C)(C)[S+]([O-])N[C@@H](c1cc(Cl)c(Cl)cc1O)C1CCN(c2ccc(N)cn2)CC1. The maximum atomic E-state index is 12.9. The van der Waals surface area contributed by atoms with Gasteiger partial charge in [-0.2, -0.15) is 0 Å². The molecule has 2 aromatic rings. The van der Waals surface area contributed by atoms with Gasteiger partial charge in [-0.1, -0.05) is 23.2 Å². The topological polar surface area (TPSA) is 97.5 Å². The van der Waals surface area contributed by atoms with Crippen molar-refractivity contribution in [1.29, 1.82) is 0 Å². The summed E-state index contributed by atoms with van der Waals surface area (Å²) < 4.78 is 15.7. The predicted octanol–water partition coefficient (Wildman–Crippen LogP) is 4.69. The van der Waals surface area contributed by atoms with Gasteiger partial charge in [0.25, 0.3) is 0 Å². The number of nitrogens with one attached hydrogen (secondary N) is 1. The number of aromatic nitrogens is 1. The number of nitrogens with zero attached hydrogens (tertiary/aromatic N) is 2. The van der Waals surface area contributed by atoms with Crippen LogP contribution in [0.25, 0.3) is 0 Å². The maximum absolute atomic E-state index is 12.9. The molecule has 0 aliphatic carbocycles. The average Bonchev–Trinajstić information content (AvgIpc) is 2.69. The minimum Gasteiger partial charge on any atom is -0.598 e. The van der Waals surface area contributed by atoms with Crippen molar-refractivity contribution in [2.45, 2.75) is 44.4 Å². The zero-order chi connectivity index (χ0) is 22.1. The summed E-state index contributed by atoms with van der Waals surface area (Å²) in [5.74, 6) is 1.10. The Morgan fingerprint density at radius 3 is 2.43 bits per heavy atom. The van der Waals surface area contributed by atoms with Gasteiger partial charge < -0.3 is 20.3 Å². The van der Waals surface area contributed by atoms with Gasteiger partial charge in [0.1, 0.15) is 16.3 Å². The van der Waals surface area contributed by atoms with Crippen LogP contribution in [0, 0.1) is 5.92 Å². The first-order valence-corrected chi connectivity index (χ1v) is 11.8. The Kier molecular flexibility index (Phi) is 7.30. The number of nitrogen functional groups attached to an aromatic ring is 1. The molecule has 1 unspecified atom stereocenters. The number of phenols is 1. The molecule has 1 aromatic heterocycles. The molecule has 1 saturated heterocycles. The van der Waals surface area contributed by atoms with E-state index in [-0.39, 0.29) is 22.7 Å². The Bertz CT molecular complexity index is 869. The lowest BCUT2D eigenvalue weighted by atomic mass is 9.85. The smallest absolute Gasteiger partial charge is 0.136 e. The first-order valence-electron chi connectivity index (χ1n) is 9.88. The maximum Gasteiger partial charge on any atom is 0.136 e. The third-order valence-electron chi connectivity index (χ3n) is 5.30. The summed E-state index contributed by atoms with van der Waals surface area (Å²) in [5, 5.41) is 11.2. The molecule has 1 fully saturated rings. The summed E-state index contributed by atoms with van der Waals surface area (Å²) >= 11 is 11.0. The van der Waals surface area contributed by atoms with Crippen molar-refractivity contribution < 1.29 is 9.66 Å². The number of hydrogen-bond donors (Lipinski definition) is 3. The van der Waals surface area contributed by atoms with Crippen molar-refractivity contribution in [2.24, 2.45) is 5.92 Å². The number of rotatable bonds is 5. The predicted molar refractivity (Wildman–Crippen MR) is 125 cm³/mol. The summed E-state index contributed by atoms with van der Waals surface area (Å²) in [6.45, 7) is 7.33. The number of aromatic hydroxyl groups is 1. The highest BCUT2D eigenvalue weighted by Crippen LogP contribution is 2.40. The molecule has 0 radical (unpaired) electrons. The molecule has 0 spiro atoms. The Labute approximate surface area is 191 Å². The third kappa shape index (κ3) is 5.45. The molecule has 0 bridgehead atoms. The van der Waals surface area contributed by atoms with E-state index in [0.29, 0.717) is 16.3 Å². The molecule has 30 heavy (non-hydrogen) atoms. The fraction of sp³-hybridized carbons (Fsp3) is 0.476. The summed E-state index contributed by atoms with van der Waals surface area (Å²) in [6.07, 6.45) is 3.33. The molecule has 9 heteroatoms.